The Morgan fingerprint density at radius 2 is 2.14 bits per heavy atom. The number of hydrogen-bond donors (Lipinski definition) is 1. The summed E-state index contributed by atoms with van der Waals surface area (Å²) in [4.78, 5) is 10.6. The van der Waals surface area contributed by atoms with Crippen molar-refractivity contribution in [3.8, 4) is 0 Å². The molecule has 1 N–H and O–H groups in total. The van der Waals surface area contributed by atoms with Gasteiger partial charge in [0.1, 0.15) is 0 Å². The molecule has 0 aliphatic heterocycles. The van der Waals surface area contributed by atoms with Crippen molar-refractivity contribution in [2.24, 2.45) is 0 Å². The van der Waals surface area contributed by atoms with Crippen molar-refractivity contribution < 1.29 is 14.6 Å². The Hall–Kier alpha value is -1.09. The lowest BCUT2D eigenvalue weighted by Gasteiger charge is -2.05. The molecular formula is C11H18O3. The molecule has 0 amide bonds. The quantitative estimate of drug-likeness (QED) is 0.385. The van der Waals surface area contributed by atoms with E-state index in [1.54, 1.807) is 12.2 Å². The topological polar surface area (TPSA) is 46.5 Å². The van der Waals surface area contributed by atoms with Crippen molar-refractivity contribution in [3.05, 3.63) is 24.8 Å². The van der Waals surface area contributed by atoms with Crippen LogP contribution in [0.15, 0.2) is 24.8 Å². The van der Waals surface area contributed by atoms with Crippen LogP contribution in [0.1, 0.15) is 25.7 Å². The predicted molar refractivity (Wildman–Crippen MR) is 55.8 cm³/mol. The third-order valence-electron chi connectivity index (χ3n) is 1.83. The number of carbonyl (C=O) groups is 1. The van der Waals surface area contributed by atoms with Gasteiger partial charge in [-0.2, -0.15) is 0 Å². The first kappa shape index (κ1) is 12.9. The predicted octanol–water partition coefficient (Wildman–Crippen LogP) is 1.82. The zero-order valence-corrected chi connectivity index (χ0v) is 8.61. The fraction of sp³-hybridized carbons (Fsp3) is 0.545. The molecule has 1 unspecified atom stereocenters. The van der Waals surface area contributed by atoms with E-state index in [9.17, 15) is 9.90 Å². The van der Waals surface area contributed by atoms with Gasteiger partial charge in [0, 0.05) is 6.08 Å². The average molecular weight is 198 g/mol. The number of aliphatic hydroxyl groups excluding tert-OH is 1. The number of esters is 1. The van der Waals surface area contributed by atoms with E-state index in [0.717, 1.165) is 12.8 Å². The third-order valence-corrected chi connectivity index (χ3v) is 1.83. The van der Waals surface area contributed by atoms with Crippen LogP contribution in [0, 0.1) is 0 Å². The molecule has 0 aliphatic carbocycles. The lowest BCUT2D eigenvalue weighted by atomic mass is 10.1. The van der Waals surface area contributed by atoms with E-state index in [1.165, 1.54) is 13.2 Å². The second-order valence-corrected chi connectivity index (χ2v) is 3.02. The Morgan fingerprint density at radius 3 is 2.71 bits per heavy atom. The Labute approximate surface area is 85.1 Å². The van der Waals surface area contributed by atoms with Crippen molar-refractivity contribution in [1.82, 2.24) is 0 Å². The van der Waals surface area contributed by atoms with Gasteiger partial charge in [-0.15, -0.1) is 6.58 Å². The second kappa shape index (κ2) is 8.51. The molecule has 0 bridgehead atoms. The molecule has 0 aromatic rings. The van der Waals surface area contributed by atoms with Gasteiger partial charge in [-0.25, -0.2) is 4.79 Å². The zero-order chi connectivity index (χ0) is 10.8. The van der Waals surface area contributed by atoms with Gasteiger partial charge < -0.3 is 9.84 Å². The standard InChI is InChI=1S/C11H18O3/c1-3-4-7-10(12)8-5-6-9-11(13)14-2/h3,6,9-10,12H,1,4-5,7-8H2,2H3/b9-6+. The molecule has 0 radical (unpaired) electrons. The maximum atomic E-state index is 10.6. The molecule has 1 atom stereocenters. The van der Waals surface area contributed by atoms with Gasteiger partial charge in [-0.1, -0.05) is 12.2 Å². The fourth-order valence-electron chi connectivity index (χ4n) is 0.991. The van der Waals surface area contributed by atoms with E-state index >= 15 is 0 Å². The fourth-order valence-corrected chi connectivity index (χ4v) is 0.991. The summed E-state index contributed by atoms with van der Waals surface area (Å²) in [6.07, 6.45) is 7.47. The minimum Gasteiger partial charge on any atom is -0.466 e. The highest BCUT2D eigenvalue weighted by Gasteiger charge is 2.00. The van der Waals surface area contributed by atoms with Crippen LogP contribution in [0.2, 0.25) is 0 Å². The lowest BCUT2D eigenvalue weighted by Crippen LogP contribution is -2.04. The molecule has 0 heterocycles. The minimum absolute atomic E-state index is 0.310. The minimum atomic E-state index is -0.356. The first-order valence-corrected chi connectivity index (χ1v) is 4.74. The Balaban J connectivity index is 3.47. The molecule has 0 rings (SSSR count). The van der Waals surface area contributed by atoms with Gasteiger partial charge in [0.25, 0.3) is 0 Å². The summed E-state index contributed by atoms with van der Waals surface area (Å²) < 4.78 is 4.42. The van der Waals surface area contributed by atoms with Crippen molar-refractivity contribution in [2.45, 2.75) is 31.8 Å². The number of allylic oxidation sites excluding steroid dienone is 2. The number of carbonyl (C=O) groups excluding carboxylic acids is 1. The number of ether oxygens (including phenoxy) is 1. The van der Waals surface area contributed by atoms with Gasteiger partial charge >= 0.3 is 5.97 Å². The van der Waals surface area contributed by atoms with Crippen LogP contribution in [0.3, 0.4) is 0 Å². The summed E-state index contributed by atoms with van der Waals surface area (Å²) in [5.74, 6) is -0.356. The van der Waals surface area contributed by atoms with Crippen LogP contribution in [0.5, 0.6) is 0 Å². The van der Waals surface area contributed by atoms with Crippen LogP contribution in [0.4, 0.5) is 0 Å². The van der Waals surface area contributed by atoms with Gasteiger partial charge in [0.2, 0.25) is 0 Å². The van der Waals surface area contributed by atoms with Crippen molar-refractivity contribution in [2.75, 3.05) is 7.11 Å². The third kappa shape index (κ3) is 7.55. The van der Waals surface area contributed by atoms with E-state index in [0.29, 0.717) is 12.8 Å². The molecule has 3 nitrogen and oxygen atoms in total. The molecule has 0 aromatic carbocycles. The molecular weight excluding hydrogens is 180 g/mol. The first-order chi connectivity index (χ1) is 6.70. The molecule has 0 fully saturated rings. The molecule has 0 aliphatic rings. The number of methoxy groups -OCH3 is 1. The summed E-state index contributed by atoms with van der Waals surface area (Å²) in [7, 11) is 1.34. The van der Waals surface area contributed by atoms with Crippen LogP contribution < -0.4 is 0 Å². The molecule has 0 spiro atoms. The Bertz CT molecular complexity index is 197. The van der Waals surface area contributed by atoms with E-state index in [4.69, 9.17) is 0 Å². The molecule has 80 valence electrons. The second-order valence-electron chi connectivity index (χ2n) is 3.02. The summed E-state index contributed by atoms with van der Waals surface area (Å²) in [6, 6.07) is 0. The van der Waals surface area contributed by atoms with Gasteiger partial charge in [-0.05, 0) is 25.7 Å². The molecule has 0 saturated heterocycles. The SMILES string of the molecule is C=CCCC(O)CC/C=C/C(=O)OC. The zero-order valence-electron chi connectivity index (χ0n) is 8.61. The number of hydrogen-bond acceptors (Lipinski definition) is 3. The average Bonchev–Trinajstić information content (AvgIpc) is 2.21. The van der Waals surface area contributed by atoms with Gasteiger partial charge in [0.05, 0.1) is 13.2 Å². The van der Waals surface area contributed by atoms with Crippen molar-refractivity contribution >= 4 is 5.97 Å². The Morgan fingerprint density at radius 1 is 1.50 bits per heavy atom. The highest BCUT2D eigenvalue weighted by Crippen LogP contribution is 2.05. The summed E-state index contributed by atoms with van der Waals surface area (Å²) in [5.41, 5.74) is 0. The van der Waals surface area contributed by atoms with E-state index in [2.05, 4.69) is 11.3 Å². The highest BCUT2D eigenvalue weighted by molar-refractivity contribution is 5.81. The van der Waals surface area contributed by atoms with Crippen molar-refractivity contribution in [1.29, 1.82) is 0 Å². The van der Waals surface area contributed by atoms with E-state index in [-0.39, 0.29) is 12.1 Å². The van der Waals surface area contributed by atoms with Crippen molar-refractivity contribution in [3.63, 3.8) is 0 Å². The molecule has 3 heteroatoms. The molecule has 0 aromatic heterocycles. The smallest absolute Gasteiger partial charge is 0.330 e. The van der Waals surface area contributed by atoms with Crippen LogP contribution in [-0.4, -0.2) is 24.3 Å². The van der Waals surface area contributed by atoms with Crippen LogP contribution in [-0.2, 0) is 9.53 Å². The van der Waals surface area contributed by atoms with E-state index in [1.807, 2.05) is 0 Å². The van der Waals surface area contributed by atoms with Crippen LogP contribution >= 0.6 is 0 Å². The maximum Gasteiger partial charge on any atom is 0.330 e. The number of aliphatic hydroxyl groups is 1. The maximum absolute atomic E-state index is 10.6. The summed E-state index contributed by atoms with van der Waals surface area (Å²) in [5, 5.41) is 9.40. The molecule has 14 heavy (non-hydrogen) atoms. The largest absolute Gasteiger partial charge is 0.466 e. The van der Waals surface area contributed by atoms with Gasteiger partial charge in [0.15, 0.2) is 0 Å². The normalized spacial score (nSPS) is 12.7. The van der Waals surface area contributed by atoms with Gasteiger partial charge in [-0.3, -0.25) is 0 Å². The molecule has 0 saturated carbocycles. The van der Waals surface area contributed by atoms with Crippen LogP contribution in [0.25, 0.3) is 0 Å². The summed E-state index contributed by atoms with van der Waals surface area (Å²) in [6.45, 7) is 3.58. The van der Waals surface area contributed by atoms with E-state index < -0.39 is 0 Å². The summed E-state index contributed by atoms with van der Waals surface area (Å²) >= 11 is 0. The number of rotatable bonds is 7. The monoisotopic (exact) mass is 198 g/mol. The lowest BCUT2D eigenvalue weighted by molar-refractivity contribution is -0.134. The first-order valence-electron chi connectivity index (χ1n) is 4.74. The highest BCUT2D eigenvalue weighted by atomic mass is 16.5. The Kier molecular flexibility index (Phi) is 7.84.